The van der Waals surface area contributed by atoms with Crippen molar-refractivity contribution in [3.8, 4) is 0 Å². The van der Waals surface area contributed by atoms with Gasteiger partial charge in [0.1, 0.15) is 0 Å². The maximum Gasteiger partial charge on any atom is 0.0267 e. The van der Waals surface area contributed by atoms with Crippen LogP contribution >= 0.6 is 7.92 Å². The molecule has 0 spiro atoms. The quantitative estimate of drug-likeness (QED) is 0.499. The second kappa shape index (κ2) is 9.52. The van der Waals surface area contributed by atoms with E-state index in [0.717, 1.165) is 0 Å². The number of nitrogens with zero attached hydrogens (tertiary/aromatic N) is 1. The Morgan fingerprint density at radius 1 is 0.400 bits per heavy atom. The van der Waals surface area contributed by atoms with E-state index >= 15 is 0 Å². The normalized spacial score (nSPS) is 9.96. The lowest BCUT2D eigenvalue weighted by Gasteiger charge is -2.18. The van der Waals surface area contributed by atoms with Crippen LogP contribution in [0.4, 0.5) is 0 Å². The number of rotatable bonds is 3. The summed E-state index contributed by atoms with van der Waals surface area (Å²) >= 11 is 0. The average Bonchev–Trinajstić information content (AvgIpc) is 2.72. The van der Waals surface area contributed by atoms with Crippen LogP contribution in [0.25, 0.3) is 0 Å². The molecule has 25 heavy (non-hydrogen) atoms. The minimum atomic E-state index is -0.446. The number of aromatic nitrogens is 1. The van der Waals surface area contributed by atoms with E-state index in [1.165, 1.54) is 15.9 Å². The van der Waals surface area contributed by atoms with Crippen LogP contribution < -0.4 is 15.9 Å². The molecule has 0 saturated heterocycles. The minimum Gasteiger partial charge on any atom is -0.265 e. The zero-order valence-electron chi connectivity index (χ0n) is 13.9. The van der Waals surface area contributed by atoms with E-state index in [9.17, 15) is 0 Å². The first-order chi connectivity index (χ1) is 12.4. The van der Waals surface area contributed by atoms with Crippen LogP contribution in [0, 0.1) is 0 Å². The maximum atomic E-state index is 3.78. The van der Waals surface area contributed by atoms with Gasteiger partial charge in [0.05, 0.1) is 0 Å². The summed E-state index contributed by atoms with van der Waals surface area (Å²) in [6, 6.07) is 38.0. The molecule has 1 aromatic heterocycles. The summed E-state index contributed by atoms with van der Waals surface area (Å²) in [6.07, 6.45) is 3.50. The fourth-order valence-electron chi connectivity index (χ4n) is 2.49. The molecular weight excluding hydrogens is 321 g/mol. The van der Waals surface area contributed by atoms with Crippen molar-refractivity contribution in [1.29, 1.82) is 0 Å². The van der Waals surface area contributed by atoms with Crippen molar-refractivity contribution in [3.63, 3.8) is 0 Å². The molecule has 0 aliphatic heterocycles. The molecule has 0 amide bonds. The lowest BCUT2D eigenvalue weighted by molar-refractivity contribution is 1.33. The largest absolute Gasteiger partial charge is 0.265 e. The van der Waals surface area contributed by atoms with Crippen LogP contribution in [0.2, 0.25) is 0 Å². The fraction of sp³-hybridized carbons (Fsp3) is 0. The lowest BCUT2D eigenvalue weighted by atomic mass is 10.4. The molecule has 4 aromatic rings. The van der Waals surface area contributed by atoms with Crippen LogP contribution in [0.5, 0.6) is 0 Å². The highest BCUT2D eigenvalue weighted by molar-refractivity contribution is 7.79. The third-order valence-electron chi connectivity index (χ3n) is 3.61. The number of hydrogen-bond acceptors (Lipinski definition) is 1. The maximum absolute atomic E-state index is 3.78. The summed E-state index contributed by atoms with van der Waals surface area (Å²) in [5.74, 6) is 0. The van der Waals surface area contributed by atoms with Crippen molar-refractivity contribution in [2.75, 3.05) is 0 Å². The predicted octanol–water partition coefficient (Wildman–Crippen LogP) is 4.53. The van der Waals surface area contributed by atoms with Crippen LogP contribution in [0.15, 0.2) is 122 Å². The van der Waals surface area contributed by atoms with E-state index in [1.54, 1.807) is 12.4 Å². The first-order valence-corrected chi connectivity index (χ1v) is 9.59. The summed E-state index contributed by atoms with van der Waals surface area (Å²) in [4.78, 5) is 3.78. The molecule has 0 atom stereocenters. The molecular formula is C23H20NP. The Morgan fingerprint density at radius 3 is 0.960 bits per heavy atom. The highest BCUT2D eigenvalue weighted by atomic mass is 31.1. The summed E-state index contributed by atoms with van der Waals surface area (Å²) < 4.78 is 0. The average molecular weight is 341 g/mol. The van der Waals surface area contributed by atoms with Gasteiger partial charge >= 0.3 is 0 Å². The van der Waals surface area contributed by atoms with E-state index in [-0.39, 0.29) is 0 Å². The Bertz CT molecular complexity index is 713. The first-order valence-electron chi connectivity index (χ1n) is 8.25. The summed E-state index contributed by atoms with van der Waals surface area (Å²) in [5, 5.41) is 4.19. The van der Waals surface area contributed by atoms with Crippen molar-refractivity contribution >= 4 is 23.8 Å². The van der Waals surface area contributed by atoms with Crippen molar-refractivity contribution < 1.29 is 0 Å². The topological polar surface area (TPSA) is 12.9 Å². The van der Waals surface area contributed by atoms with Gasteiger partial charge < -0.3 is 0 Å². The second-order valence-electron chi connectivity index (χ2n) is 5.37. The Kier molecular flexibility index (Phi) is 6.50. The molecule has 0 N–H and O–H groups in total. The van der Waals surface area contributed by atoms with Gasteiger partial charge in [-0.05, 0) is 36.0 Å². The van der Waals surface area contributed by atoms with E-state index in [1.807, 2.05) is 18.2 Å². The zero-order valence-corrected chi connectivity index (χ0v) is 14.8. The molecule has 2 heteroatoms. The van der Waals surface area contributed by atoms with Crippen LogP contribution in [0.1, 0.15) is 0 Å². The van der Waals surface area contributed by atoms with Crippen LogP contribution in [0.3, 0.4) is 0 Å². The molecule has 0 aliphatic rings. The van der Waals surface area contributed by atoms with Gasteiger partial charge in [-0.2, -0.15) is 0 Å². The Hall–Kier alpha value is -2.76. The molecule has 1 heterocycles. The molecule has 1 nitrogen and oxygen atoms in total. The van der Waals surface area contributed by atoms with Crippen molar-refractivity contribution in [1.82, 2.24) is 4.98 Å². The molecule has 3 aromatic carbocycles. The number of benzene rings is 3. The number of hydrogen-bond donors (Lipinski definition) is 0. The smallest absolute Gasteiger partial charge is 0.0267 e. The monoisotopic (exact) mass is 341 g/mol. The summed E-state index contributed by atoms with van der Waals surface area (Å²) in [7, 11) is -0.446. The van der Waals surface area contributed by atoms with Crippen LogP contribution in [-0.2, 0) is 0 Å². The summed E-state index contributed by atoms with van der Waals surface area (Å²) in [5.41, 5.74) is 0. The SMILES string of the molecule is c1ccc(P(c2ccccc2)c2ccccc2)cc1.c1ccncc1. The number of pyridine rings is 1. The molecule has 0 bridgehead atoms. The standard InChI is InChI=1S/C18H15P.C5H5N/c1-4-10-16(11-5-1)19(17-12-6-2-7-13-17)18-14-8-3-9-15-18;1-2-4-6-5-3-1/h1-15H;1-5H. The van der Waals surface area contributed by atoms with Crippen molar-refractivity contribution in [2.24, 2.45) is 0 Å². The highest BCUT2D eigenvalue weighted by Crippen LogP contribution is 2.32. The Morgan fingerprint density at radius 2 is 0.720 bits per heavy atom. The zero-order chi connectivity index (χ0) is 17.2. The third-order valence-corrected chi connectivity index (χ3v) is 6.05. The van der Waals surface area contributed by atoms with E-state index in [0.29, 0.717) is 0 Å². The van der Waals surface area contributed by atoms with Gasteiger partial charge in [-0.15, -0.1) is 0 Å². The molecule has 0 radical (unpaired) electrons. The summed E-state index contributed by atoms with van der Waals surface area (Å²) in [6.45, 7) is 0. The second-order valence-corrected chi connectivity index (χ2v) is 7.59. The molecule has 0 aliphatic carbocycles. The lowest BCUT2D eigenvalue weighted by Crippen LogP contribution is -2.20. The fourth-order valence-corrected chi connectivity index (χ4v) is 4.80. The Balaban J connectivity index is 0.000000258. The first kappa shape index (κ1) is 17.1. The minimum absolute atomic E-state index is 0.446. The Labute approximate surface area is 150 Å². The molecule has 4 rings (SSSR count). The van der Waals surface area contributed by atoms with Gasteiger partial charge in [0.2, 0.25) is 0 Å². The van der Waals surface area contributed by atoms with E-state index in [2.05, 4.69) is 96.0 Å². The van der Waals surface area contributed by atoms with Crippen LogP contribution in [-0.4, -0.2) is 4.98 Å². The molecule has 0 saturated carbocycles. The molecule has 0 unspecified atom stereocenters. The van der Waals surface area contributed by atoms with Gasteiger partial charge in [0.15, 0.2) is 0 Å². The third kappa shape index (κ3) is 5.11. The van der Waals surface area contributed by atoms with Gasteiger partial charge in [-0.25, -0.2) is 0 Å². The molecule has 0 fully saturated rings. The van der Waals surface area contributed by atoms with Crippen molar-refractivity contribution in [2.45, 2.75) is 0 Å². The molecule has 122 valence electrons. The van der Waals surface area contributed by atoms with E-state index < -0.39 is 7.92 Å². The highest BCUT2D eigenvalue weighted by Gasteiger charge is 2.14. The van der Waals surface area contributed by atoms with Gasteiger partial charge in [-0.1, -0.05) is 97.1 Å². The van der Waals surface area contributed by atoms with Gasteiger partial charge in [0.25, 0.3) is 0 Å². The van der Waals surface area contributed by atoms with Crippen molar-refractivity contribution in [3.05, 3.63) is 122 Å². The van der Waals surface area contributed by atoms with E-state index in [4.69, 9.17) is 0 Å². The predicted molar refractivity (Wildman–Crippen MR) is 109 cm³/mol. The van der Waals surface area contributed by atoms with Gasteiger partial charge in [-0.3, -0.25) is 4.98 Å². The van der Waals surface area contributed by atoms with Gasteiger partial charge in [0, 0.05) is 12.4 Å².